The summed E-state index contributed by atoms with van der Waals surface area (Å²) >= 11 is 0. The van der Waals surface area contributed by atoms with E-state index in [4.69, 9.17) is 0 Å². The van der Waals surface area contributed by atoms with Gasteiger partial charge < -0.3 is 15.2 Å². The molecule has 0 saturated heterocycles. The number of aromatic nitrogens is 5. The first kappa shape index (κ1) is 13.3. The molecule has 19 heavy (non-hydrogen) atoms. The topological polar surface area (TPSA) is 80.6 Å². The zero-order valence-corrected chi connectivity index (χ0v) is 11.7. The molecule has 0 aliphatic heterocycles. The van der Waals surface area contributed by atoms with Gasteiger partial charge in [0.05, 0.1) is 6.04 Å². The lowest BCUT2D eigenvalue weighted by molar-refractivity contribution is 0.714. The lowest BCUT2D eigenvalue weighted by Crippen LogP contribution is -2.15. The van der Waals surface area contributed by atoms with Gasteiger partial charge in [0.2, 0.25) is 0 Å². The predicted molar refractivity (Wildman–Crippen MR) is 74.0 cm³/mol. The minimum absolute atomic E-state index is 0.0254. The van der Waals surface area contributed by atoms with E-state index in [1.807, 2.05) is 25.6 Å². The van der Waals surface area contributed by atoms with Crippen LogP contribution in [0.25, 0.3) is 0 Å². The maximum Gasteiger partial charge on any atom is 0.154 e. The molecular formula is C12H19N7. The van der Waals surface area contributed by atoms with E-state index in [1.54, 1.807) is 12.7 Å². The van der Waals surface area contributed by atoms with Crippen molar-refractivity contribution in [1.29, 1.82) is 0 Å². The Kier molecular flexibility index (Phi) is 3.94. The second-order valence-corrected chi connectivity index (χ2v) is 4.32. The van der Waals surface area contributed by atoms with Gasteiger partial charge in [-0.3, -0.25) is 0 Å². The molecule has 2 N–H and O–H groups in total. The molecule has 0 spiro atoms. The van der Waals surface area contributed by atoms with Crippen LogP contribution in [0.4, 0.5) is 11.6 Å². The summed E-state index contributed by atoms with van der Waals surface area (Å²) in [7, 11) is 3.78. The van der Waals surface area contributed by atoms with Gasteiger partial charge in [0.1, 0.15) is 24.3 Å². The predicted octanol–water partition coefficient (Wildman–Crippen LogP) is 1.38. The summed E-state index contributed by atoms with van der Waals surface area (Å²) in [5.41, 5.74) is 1.07. The first-order chi connectivity index (χ1) is 9.17. The van der Waals surface area contributed by atoms with Gasteiger partial charge in [-0.25, -0.2) is 9.97 Å². The lowest BCUT2D eigenvalue weighted by atomic mass is 10.2. The van der Waals surface area contributed by atoms with Gasteiger partial charge in [-0.05, 0) is 13.3 Å². The largest absolute Gasteiger partial charge is 0.373 e. The Balaban J connectivity index is 2.26. The molecule has 0 saturated carbocycles. The fraction of sp³-hybridized carbons (Fsp3) is 0.500. The van der Waals surface area contributed by atoms with Gasteiger partial charge >= 0.3 is 0 Å². The Hall–Kier alpha value is -2.18. The third-order valence-electron chi connectivity index (χ3n) is 3.02. The standard InChI is InChI=1S/C12H19N7/c1-5-9-10(13-3)14-6-15-11(9)17-8(2)12-18-16-7-19(12)4/h6-8H,5H2,1-4H3,(H2,13,14,15,17). The highest BCUT2D eigenvalue weighted by Gasteiger charge is 2.15. The highest BCUT2D eigenvalue weighted by atomic mass is 15.3. The molecule has 0 radical (unpaired) electrons. The van der Waals surface area contributed by atoms with Crippen molar-refractivity contribution >= 4 is 11.6 Å². The van der Waals surface area contributed by atoms with Crippen LogP contribution < -0.4 is 10.6 Å². The van der Waals surface area contributed by atoms with Crippen LogP contribution in [-0.4, -0.2) is 31.8 Å². The molecular weight excluding hydrogens is 242 g/mol. The fourth-order valence-electron chi connectivity index (χ4n) is 2.04. The smallest absolute Gasteiger partial charge is 0.154 e. The van der Waals surface area contributed by atoms with E-state index < -0.39 is 0 Å². The number of anilines is 2. The molecule has 1 unspecified atom stereocenters. The average molecular weight is 261 g/mol. The average Bonchev–Trinajstić information content (AvgIpc) is 2.84. The third kappa shape index (κ3) is 2.64. The summed E-state index contributed by atoms with van der Waals surface area (Å²) in [6, 6.07) is 0.0254. The van der Waals surface area contributed by atoms with E-state index in [9.17, 15) is 0 Å². The van der Waals surface area contributed by atoms with Gasteiger partial charge in [0.15, 0.2) is 5.82 Å². The molecule has 2 aromatic heterocycles. The Labute approximate surface area is 112 Å². The highest BCUT2D eigenvalue weighted by Crippen LogP contribution is 2.23. The number of rotatable bonds is 5. The monoisotopic (exact) mass is 261 g/mol. The minimum Gasteiger partial charge on any atom is -0.373 e. The van der Waals surface area contributed by atoms with Crippen LogP contribution in [0.1, 0.15) is 31.3 Å². The number of nitrogens with one attached hydrogen (secondary N) is 2. The van der Waals surface area contributed by atoms with Crippen molar-refractivity contribution in [1.82, 2.24) is 24.7 Å². The lowest BCUT2D eigenvalue weighted by Gasteiger charge is -2.17. The molecule has 0 aliphatic carbocycles. The zero-order valence-electron chi connectivity index (χ0n) is 11.7. The van der Waals surface area contributed by atoms with Crippen molar-refractivity contribution in [2.45, 2.75) is 26.3 Å². The van der Waals surface area contributed by atoms with E-state index in [0.29, 0.717) is 0 Å². The molecule has 2 rings (SSSR count). The van der Waals surface area contributed by atoms with Crippen LogP contribution in [-0.2, 0) is 13.5 Å². The Morgan fingerprint density at radius 3 is 2.63 bits per heavy atom. The van der Waals surface area contributed by atoms with Crippen molar-refractivity contribution in [2.24, 2.45) is 7.05 Å². The van der Waals surface area contributed by atoms with Crippen molar-refractivity contribution in [3.63, 3.8) is 0 Å². The van der Waals surface area contributed by atoms with Gasteiger partial charge in [-0.2, -0.15) is 0 Å². The summed E-state index contributed by atoms with van der Waals surface area (Å²) in [5, 5.41) is 14.4. The van der Waals surface area contributed by atoms with E-state index in [0.717, 1.165) is 29.4 Å². The summed E-state index contributed by atoms with van der Waals surface area (Å²) in [4.78, 5) is 8.54. The molecule has 2 heterocycles. The summed E-state index contributed by atoms with van der Waals surface area (Å²) in [6.45, 7) is 4.11. The van der Waals surface area contributed by atoms with E-state index in [1.165, 1.54) is 0 Å². The van der Waals surface area contributed by atoms with Crippen LogP contribution in [0.5, 0.6) is 0 Å². The van der Waals surface area contributed by atoms with Crippen molar-refractivity contribution in [3.05, 3.63) is 24.0 Å². The van der Waals surface area contributed by atoms with E-state index in [2.05, 4.69) is 37.7 Å². The molecule has 0 fully saturated rings. The first-order valence-electron chi connectivity index (χ1n) is 6.29. The maximum absolute atomic E-state index is 4.32. The minimum atomic E-state index is 0.0254. The fourth-order valence-corrected chi connectivity index (χ4v) is 2.04. The van der Waals surface area contributed by atoms with Crippen LogP contribution >= 0.6 is 0 Å². The second-order valence-electron chi connectivity index (χ2n) is 4.32. The first-order valence-corrected chi connectivity index (χ1v) is 6.29. The van der Waals surface area contributed by atoms with Gasteiger partial charge in [-0.15, -0.1) is 10.2 Å². The summed E-state index contributed by atoms with van der Waals surface area (Å²) < 4.78 is 1.89. The van der Waals surface area contributed by atoms with Gasteiger partial charge in [0, 0.05) is 19.7 Å². The number of aryl methyl sites for hydroxylation is 1. The van der Waals surface area contributed by atoms with Crippen molar-refractivity contribution in [2.75, 3.05) is 17.7 Å². The molecule has 1 atom stereocenters. The maximum atomic E-state index is 4.32. The van der Waals surface area contributed by atoms with Crippen LogP contribution in [0, 0.1) is 0 Å². The molecule has 0 bridgehead atoms. The van der Waals surface area contributed by atoms with E-state index >= 15 is 0 Å². The number of nitrogens with zero attached hydrogens (tertiary/aromatic N) is 5. The highest BCUT2D eigenvalue weighted by molar-refractivity contribution is 5.57. The van der Waals surface area contributed by atoms with Gasteiger partial charge in [0.25, 0.3) is 0 Å². The number of hydrogen-bond donors (Lipinski definition) is 2. The van der Waals surface area contributed by atoms with Crippen LogP contribution in [0.2, 0.25) is 0 Å². The normalized spacial score (nSPS) is 12.2. The van der Waals surface area contributed by atoms with Crippen LogP contribution in [0.3, 0.4) is 0 Å². The summed E-state index contributed by atoms with van der Waals surface area (Å²) in [6.07, 6.45) is 4.09. The van der Waals surface area contributed by atoms with E-state index in [-0.39, 0.29) is 6.04 Å². The molecule has 2 aromatic rings. The summed E-state index contributed by atoms with van der Waals surface area (Å²) in [5.74, 6) is 2.55. The van der Waals surface area contributed by atoms with Crippen LogP contribution in [0.15, 0.2) is 12.7 Å². The molecule has 0 aliphatic rings. The zero-order chi connectivity index (χ0) is 13.8. The van der Waals surface area contributed by atoms with Crippen molar-refractivity contribution < 1.29 is 0 Å². The Bertz CT molecular complexity index is 549. The molecule has 102 valence electrons. The SMILES string of the molecule is CCc1c(NC)ncnc1NC(C)c1nncn1C. The van der Waals surface area contributed by atoms with Crippen molar-refractivity contribution in [3.8, 4) is 0 Å². The Morgan fingerprint density at radius 1 is 1.32 bits per heavy atom. The molecule has 0 aromatic carbocycles. The quantitative estimate of drug-likeness (QED) is 0.846. The molecule has 7 heteroatoms. The third-order valence-corrected chi connectivity index (χ3v) is 3.02. The second kappa shape index (κ2) is 5.64. The Morgan fingerprint density at radius 2 is 2.05 bits per heavy atom. The van der Waals surface area contributed by atoms with Gasteiger partial charge in [-0.1, -0.05) is 6.92 Å². The molecule has 7 nitrogen and oxygen atoms in total. The number of hydrogen-bond acceptors (Lipinski definition) is 6. The molecule has 0 amide bonds.